The molecule has 0 saturated carbocycles. The molecular weight excluding hydrogens is 739 g/mol. The molecule has 0 aliphatic carbocycles. The number of hydrogen-bond donors (Lipinski definition) is 0. The van der Waals surface area contributed by atoms with E-state index in [1.165, 1.54) is 54.1 Å². The molecule has 61 heavy (non-hydrogen) atoms. The molecule has 3 nitrogen and oxygen atoms in total. The van der Waals surface area contributed by atoms with Crippen LogP contribution >= 0.6 is 0 Å². The second-order valence-electron chi connectivity index (χ2n) is 15.8. The molecule has 10 aromatic carbocycles. The van der Waals surface area contributed by atoms with Gasteiger partial charge in [0.2, 0.25) is 0 Å². The molecule has 0 atom stereocenters. The number of nitrogens with zero attached hydrogens (tertiary/aromatic N) is 3. The predicted octanol–water partition coefficient (Wildman–Crippen LogP) is 15.4. The normalized spacial score (nSPS) is 11.6. The van der Waals surface area contributed by atoms with Gasteiger partial charge in [-0.1, -0.05) is 164 Å². The van der Waals surface area contributed by atoms with Gasteiger partial charge in [0.25, 0.3) is 0 Å². The van der Waals surface area contributed by atoms with Crippen LogP contribution in [0.2, 0.25) is 0 Å². The van der Waals surface area contributed by atoms with Crippen molar-refractivity contribution in [3.8, 4) is 61.8 Å². The van der Waals surface area contributed by atoms with Gasteiger partial charge in [-0.3, -0.25) is 0 Å². The largest absolute Gasteiger partial charge is 0.309 e. The van der Waals surface area contributed by atoms with Gasteiger partial charge in [0.05, 0.1) is 22.4 Å². The molecular formula is C58H37N3. The van der Waals surface area contributed by atoms with Crippen LogP contribution in [0.4, 0.5) is 0 Å². The number of hydrogen-bond acceptors (Lipinski definition) is 2. The number of rotatable bonds is 6. The van der Waals surface area contributed by atoms with E-state index in [0.717, 1.165) is 56.0 Å². The Kier molecular flexibility index (Phi) is 8.17. The summed E-state index contributed by atoms with van der Waals surface area (Å²) in [7, 11) is 0. The molecule has 0 radical (unpaired) electrons. The molecule has 2 heterocycles. The van der Waals surface area contributed by atoms with Crippen molar-refractivity contribution in [2.24, 2.45) is 0 Å². The molecule has 12 aromatic rings. The monoisotopic (exact) mass is 775 g/mol. The summed E-state index contributed by atoms with van der Waals surface area (Å²) < 4.78 is 2.37. The zero-order chi connectivity index (χ0) is 40.3. The molecule has 12 rings (SSSR count). The third-order valence-corrected chi connectivity index (χ3v) is 12.2. The fourth-order valence-corrected chi connectivity index (χ4v) is 9.27. The lowest BCUT2D eigenvalue weighted by molar-refractivity contribution is 1.18. The van der Waals surface area contributed by atoms with E-state index in [9.17, 15) is 0 Å². The Bertz CT molecular complexity index is 3530. The molecule has 0 bridgehead atoms. The standard InChI is InChI=1S/C58H37N3/c1-4-16-38(17-5-1)54-37-55(60-58(59-54)39-18-6-2-7-19-39)44-33-42(40-28-30-50-48-24-11-10-22-46(48)47-23-12-13-25-49(47)52(50)35-40)32-43(34-44)41-29-31-57-53(36-41)51-26-14-15-27-56(51)61(57)45-20-8-3-9-21-45/h1-37H. The van der Waals surface area contributed by atoms with Gasteiger partial charge in [-0.25, -0.2) is 9.97 Å². The van der Waals surface area contributed by atoms with Gasteiger partial charge >= 0.3 is 0 Å². The Morgan fingerprint density at radius 3 is 1.33 bits per heavy atom. The molecule has 0 N–H and O–H groups in total. The van der Waals surface area contributed by atoms with Gasteiger partial charge in [-0.15, -0.1) is 0 Å². The van der Waals surface area contributed by atoms with Crippen molar-refractivity contribution < 1.29 is 0 Å². The summed E-state index contributed by atoms with van der Waals surface area (Å²) in [6, 6.07) is 80.6. The summed E-state index contributed by atoms with van der Waals surface area (Å²) in [6.07, 6.45) is 0. The second-order valence-corrected chi connectivity index (χ2v) is 15.8. The highest BCUT2D eigenvalue weighted by Crippen LogP contribution is 2.41. The summed E-state index contributed by atoms with van der Waals surface area (Å²) >= 11 is 0. The Morgan fingerprint density at radius 2 is 0.689 bits per heavy atom. The van der Waals surface area contributed by atoms with Crippen LogP contribution < -0.4 is 0 Å². The highest BCUT2D eigenvalue weighted by Gasteiger charge is 2.17. The van der Waals surface area contributed by atoms with Crippen LogP contribution in [-0.4, -0.2) is 14.5 Å². The first kappa shape index (κ1) is 34.9. The number of aromatic nitrogens is 3. The fourth-order valence-electron chi connectivity index (χ4n) is 9.27. The summed E-state index contributed by atoms with van der Waals surface area (Å²) in [6.45, 7) is 0. The second kappa shape index (κ2) is 14.3. The van der Waals surface area contributed by atoms with Gasteiger partial charge in [0.15, 0.2) is 5.82 Å². The van der Waals surface area contributed by atoms with Crippen molar-refractivity contribution in [2.45, 2.75) is 0 Å². The first-order valence-corrected chi connectivity index (χ1v) is 20.8. The highest BCUT2D eigenvalue weighted by atomic mass is 15.0. The van der Waals surface area contributed by atoms with Crippen LogP contribution in [0, 0.1) is 0 Å². The SMILES string of the molecule is c1ccc(-c2cc(-c3cc(-c4ccc5c6ccccc6c6ccccc6c5c4)cc(-c4ccc5c(c4)c4ccccc4n5-c4ccccc4)c3)nc(-c3ccccc3)n2)cc1. The summed E-state index contributed by atoms with van der Waals surface area (Å²) in [4.78, 5) is 10.4. The molecule has 0 unspecified atom stereocenters. The summed E-state index contributed by atoms with van der Waals surface area (Å²) in [5, 5.41) is 10.0. The van der Waals surface area contributed by atoms with Gasteiger partial charge < -0.3 is 4.57 Å². The fraction of sp³-hybridized carbons (Fsp3) is 0. The highest BCUT2D eigenvalue weighted by molar-refractivity contribution is 6.25. The lowest BCUT2D eigenvalue weighted by Gasteiger charge is -2.15. The van der Waals surface area contributed by atoms with Crippen LogP contribution in [-0.2, 0) is 0 Å². The molecule has 0 aliphatic heterocycles. The Morgan fingerprint density at radius 1 is 0.246 bits per heavy atom. The number of benzene rings is 10. The van der Waals surface area contributed by atoms with Crippen LogP contribution in [0.15, 0.2) is 224 Å². The molecule has 3 heteroatoms. The van der Waals surface area contributed by atoms with Crippen molar-refractivity contribution in [3.63, 3.8) is 0 Å². The first-order valence-electron chi connectivity index (χ1n) is 20.8. The minimum atomic E-state index is 0.697. The van der Waals surface area contributed by atoms with Crippen LogP contribution in [0.1, 0.15) is 0 Å². The molecule has 0 amide bonds. The van der Waals surface area contributed by atoms with E-state index in [-0.39, 0.29) is 0 Å². The van der Waals surface area contributed by atoms with Crippen molar-refractivity contribution in [1.29, 1.82) is 0 Å². The molecule has 0 aliphatic rings. The molecule has 284 valence electrons. The van der Waals surface area contributed by atoms with Crippen molar-refractivity contribution in [3.05, 3.63) is 224 Å². The maximum atomic E-state index is 5.31. The molecule has 0 fully saturated rings. The smallest absolute Gasteiger partial charge is 0.160 e. The first-order chi connectivity index (χ1) is 30.2. The quantitative estimate of drug-likeness (QED) is 0.158. The Hall–Kier alpha value is -8.14. The average Bonchev–Trinajstić information content (AvgIpc) is 3.68. The zero-order valence-corrected chi connectivity index (χ0v) is 33.2. The van der Waals surface area contributed by atoms with Crippen molar-refractivity contribution in [2.75, 3.05) is 0 Å². The lowest BCUT2D eigenvalue weighted by atomic mass is 9.90. The number of fused-ring (bicyclic) bond motifs is 9. The van der Waals surface area contributed by atoms with E-state index >= 15 is 0 Å². The van der Waals surface area contributed by atoms with Crippen LogP contribution in [0.5, 0.6) is 0 Å². The third-order valence-electron chi connectivity index (χ3n) is 12.2. The Balaban J connectivity index is 1.11. The van der Waals surface area contributed by atoms with E-state index in [0.29, 0.717) is 5.82 Å². The predicted molar refractivity (Wildman–Crippen MR) is 256 cm³/mol. The van der Waals surface area contributed by atoms with E-state index in [1.807, 2.05) is 24.3 Å². The van der Waals surface area contributed by atoms with Gasteiger partial charge in [0, 0.05) is 33.2 Å². The van der Waals surface area contributed by atoms with E-state index in [4.69, 9.17) is 9.97 Å². The lowest BCUT2D eigenvalue weighted by Crippen LogP contribution is -1.96. The van der Waals surface area contributed by atoms with E-state index < -0.39 is 0 Å². The van der Waals surface area contributed by atoms with Gasteiger partial charge in [0.1, 0.15) is 0 Å². The van der Waals surface area contributed by atoms with Crippen molar-refractivity contribution in [1.82, 2.24) is 14.5 Å². The van der Waals surface area contributed by atoms with Gasteiger partial charge in [-0.2, -0.15) is 0 Å². The van der Waals surface area contributed by atoms with Crippen LogP contribution in [0.25, 0.3) is 116 Å². The minimum Gasteiger partial charge on any atom is -0.309 e. The van der Waals surface area contributed by atoms with E-state index in [2.05, 4.69) is 205 Å². The molecule has 0 saturated heterocycles. The molecule has 0 spiro atoms. The minimum absolute atomic E-state index is 0.697. The van der Waals surface area contributed by atoms with Crippen molar-refractivity contribution >= 4 is 54.1 Å². The van der Waals surface area contributed by atoms with E-state index in [1.54, 1.807) is 0 Å². The summed E-state index contributed by atoms with van der Waals surface area (Å²) in [5.41, 5.74) is 12.9. The Labute approximate surface area is 353 Å². The zero-order valence-electron chi connectivity index (χ0n) is 33.2. The maximum Gasteiger partial charge on any atom is 0.160 e. The third kappa shape index (κ3) is 5.98. The average molecular weight is 776 g/mol. The molecule has 2 aromatic heterocycles. The number of para-hydroxylation sites is 2. The topological polar surface area (TPSA) is 30.7 Å². The van der Waals surface area contributed by atoms with Gasteiger partial charge in [-0.05, 0) is 115 Å². The van der Waals surface area contributed by atoms with Crippen LogP contribution in [0.3, 0.4) is 0 Å². The summed E-state index contributed by atoms with van der Waals surface area (Å²) in [5.74, 6) is 0.697. The maximum absolute atomic E-state index is 5.31.